The van der Waals surface area contributed by atoms with Gasteiger partial charge < -0.3 is 5.32 Å². The zero-order valence-electron chi connectivity index (χ0n) is 9.29. The molecule has 0 saturated carbocycles. The minimum Gasteiger partial charge on any atom is -0.313 e. The first-order valence-corrected chi connectivity index (χ1v) is 7.15. The quantitative estimate of drug-likeness (QED) is 0.796. The van der Waals surface area contributed by atoms with Crippen LogP contribution in [0.25, 0.3) is 0 Å². The number of halogens is 1. The summed E-state index contributed by atoms with van der Waals surface area (Å²) in [4.78, 5) is 1.34. The van der Waals surface area contributed by atoms with Gasteiger partial charge in [0.1, 0.15) is 0 Å². The van der Waals surface area contributed by atoms with Crippen molar-refractivity contribution >= 4 is 27.7 Å². The molecule has 0 aromatic heterocycles. The zero-order valence-corrected chi connectivity index (χ0v) is 11.7. The van der Waals surface area contributed by atoms with Gasteiger partial charge in [-0.1, -0.05) is 29.8 Å². The number of nitrogens with one attached hydrogen (secondary N) is 1. The first kappa shape index (κ1) is 13.1. The van der Waals surface area contributed by atoms with Crippen LogP contribution in [0, 0.1) is 0 Å². The van der Waals surface area contributed by atoms with Crippen LogP contribution in [-0.4, -0.2) is 18.3 Å². The van der Waals surface area contributed by atoms with Crippen LogP contribution in [0.15, 0.2) is 33.6 Å². The fourth-order valence-corrected chi connectivity index (χ4v) is 2.68. The SMILES string of the molecule is CCNC(CC)CSc1ccc(Br)cc1. The molecule has 0 aliphatic rings. The van der Waals surface area contributed by atoms with E-state index < -0.39 is 0 Å². The molecular formula is C12H18BrNS. The molecular weight excluding hydrogens is 270 g/mol. The van der Waals surface area contributed by atoms with E-state index in [2.05, 4.69) is 59.4 Å². The summed E-state index contributed by atoms with van der Waals surface area (Å²) in [6.45, 7) is 5.45. The number of hydrogen-bond donors (Lipinski definition) is 1. The van der Waals surface area contributed by atoms with Gasteiger partial charge in [-0.2, -0.15) is 0 Å². The summed E-state index contributed by atoms with van der Waals surface area (Å²) in [5.74, 6) is 1.14. The Balaban J connectivity index is 2.38. The highest BCUT2D eigenvalue weighted by molar-refractivity contribution is 9.10. The van der Waals surface area contributed by atoms with E-state index in [1.807, 2.05) is 11.8 Å². The Labute approximate surface area is 105 Å². The molecule has 1 atom stereocenters. The van der Waals surface area contributed by atoms with Crippen LogP contribution in [-0.2, 0) is 0 Å². The van der Waals surface area contributed by atoms with Crippen molar-refractivity contribution in [2.45, 2.75) is 31.2 Å². The lowest BCUT2D eigenvalue weighted by Crippen LogP contribution is -2.30. The number of hydrogen-bond acceptors (Lipinski definition) is 2. The van der Waals surface area contributed by atoms with Crippen molar-refractivity contribution in [2.24, 2.45) is 0 Å². The Morgan fingerprint density at radius 3 is 2.47 bits per heavy atom. The smallest absolute Gasteiger partial charge is 0.0176 e. The maximum atomic E-state index is 3.48. The maximum Gasteiger partial charge on any atom is 0.0176 e. The third-order valence-corrected chi connectivity index (χ3v) is 3.95. The molecule has 0 spiro atoms. The molecule has 3 heteroatoms. The highest BCUT2D eigenvalue weighted by Gasteiger charge is 2.04. The molecule has 0 amide bonds. The van der Waals surface area contributed by atoms with E-state index in [0.717, 1.165) is 16.8 Å². The Kier molecular flexibility index (Phi) is 6.37. The Morgan fingerprint density at radius 2 is 1.93 bits per heavy atom. The van der Waals surface area contributed by atoms with Gasteiger partial charge in [0.15, 0.2) is 0 Å². The lowest BCUT2D eigenvalue weighted by Gasteiger charge is -2.14. The van der Waals surface area contributed by atoms with Crippen LogP contribution in [0.2, 0.25) is 0 Å². The molecule has 0 aliphatic carbocycles. The van der Waals surface area contributed by atoms with Crippen molar-refractivity contribution in [1.82, 2.24) is 5.32 Å². The monoisotopic (exact) mass is 287 g/mol. The van der Waals surface area contributed by atoms with Gasteiger partial charge in [-0.3, -0.25) is 0 Å². The summed E-state index contributed by atoms with van der Waals surface area (Å²) in [5.41, 5.74) is 0. The average Bonchev–Trinajstić information content (AvgIpc) is 2.26. The van der Waals surface area contributed by atoms with Gasteiger partial charge in [0.25, 0.3) is 0 Å². The van der Waals surface area contributed by atoms with E-state index >= 15 is 0 Å². The van der Waals surface area contributed by atoms with E-state index in [9.17, 15) is 0 Å². The normalized spacial score (nSPS) is 12.7. The molecule has 0 heterocycles. The molecule has 1 unspecified atom stereocenters. The summed E-state index contributed by atoms with van der Waals surface area (Å²) < 4.78 is 1.14. The lowest BCUT2D eigenvalue weighted by molar-refractivity contribution is 0.560. The Bertz CT molecular complexity index is 273. The fourth-order valence-electron chi connectivity index (χ4n) is 1.34. The van der Waals surface area contributed by atoms with Crippen molar-refractivity contribution in [3.8, 4) is 0 Å². The second-order valence-electron chi connectivity index (χ2n) is 3.43. The molecule has 15 heavy (non-hydrogen) atoms. The van der Waals surface area contributed by atoms with Crippen molar-refractivity contribution in [1.29, 1.82) is 0 Å². The summed E-state index contributed by atoms with van der Waals surface area (Å²) in [7, 11) is 0. The highest BCUT2D eigenvalue weighted by atomic mass is 79.9. The lowest BCUT2D eigenvalue weighted by atomic mass is 10.2. The van der Waals surface area contributed by atoms with Crippen LogP contribution in [0.3, 0.4) is 0 Å². The van der Waals surface area contributed by atoms with Gasteiger partial charge in [0.2, 0.25) is 0 Å². The second kappa shape index (κ2) is 7.31. The van der Waals surface area contributed by atoms with E-state index in [1.54, 1.807) is 0 Å². The van der Waals surface area contributed by atoms with Gasteiger partial charge in [0.05, 0.1) is 0 Å². The van der Waals surface area contributed by atoms with E-state index in [1.165, 1.54) is 11.3 Å². The molecule has 1 aromatic carbocycles. The zero-order chi connectivity index (χ0) is 11.1. The number of thioether (sulfide) groups is 1. The topological polar surface area (TPSA) is 12.0 Å². The number of rotatable bonds is 6. The van der Waals surface area contributed by atoms with Crippen LogP contribution in [0.1, 0.15) is 20.3 Å². The van der Waals surface area contributed by atoms with Crippen LogP contribution < -0.4 is 5.32 Å². The van der Waals surface area contributed by atoms with Crippen molar-refractivity contribution in [2.75, 3.05) is 12.3 Å². The second-order valence-corrected chi connectivity index (χ2v) is 5.44. The van der Waals surface area contributed by atoms with Crippen molar-refractivity contribution in [3.05, 3.63) is 28.7 Å². The van der Waals surface area contributed by atoms with Crippen LogP contribution in [0.4, 0.5) is 0 Å². The number of benzene rings is 1. The molecule has 0 radical (unpaired) electrons. The molecule has 1 N–H and O–H groups in total. The molecule has 0 bridgehead atoms. The molecule has 0 aliphatic heterocycles. The van der Waals surface area contributed by atoms with Gasteiger partial charge in [-0.05, 0) is 37.2 Å². The fraction of sp³-hybridized carbons (Fsp3) is 0.500. The largest absolute Gasteiger partial charge is 0.313 e. The summed E-state index contributed by atoms with van der Waals surface area (Å²) >= 11 is 5.36. The predicted molar refractivity (Wildman–Crippen MR) is 72.6 cm³/mol. The predicted octanol–water partition coefficient (Wildman–Crippen LogP) is 3.93. The summed E-state index contributed by atoms with van der Waals surface area (Å²) in [6.07, 6.45) is 1.19. The minimum absolute atomic E-state index is 0.628. The Morgan fingerprint density at radius 1 is 1.27 bits per heavy atom. The Hall–Kier alpha value is 0.01000. The standard InChI is InChI=1S/C12H18BrNS/c1-3-11(14-4-2)9-15-12-7-5-10(13)6-8-12/h5-8,11,14H,3-4,9H2,1-2H3. The first-order valence-electron chi connectivity index (χ1n) is 5.38. The van der Waals surface area contributed by atoms with E-state index in [4.69, 9.17) is 0 Å². The van der Waals surface area contributed by atoms with Gasteiger partial charge in [0, 0.05) is 21.2 Å². The first-order chi connectivity index (χ1) is 7.26. The summed E-state index contributed by atoms with van der Waals surface area (Å²) in [5, 5.41) is 3.48. The molecule has 0 fully saturated rings. The third kappa shape index (κ3) is 5.05. The van der Waals surface area contributed by atoms with Gasteiger partial charge in [-0.25, -0.2) is 0 Å². The van der Waals surface area contributed by atoms with Crippen LogP contribution in [0.5, 0.6) is 0 Å². The molecule has 84 valence electrons. The van der Waals surface area contributed by atoms with E-state index in [-0.39, 0.29) is 0 Å². The minimum atomic E-state index is 0.628. The molecule has 0 saturated heterocycles. The maximum absolute atomic E-state index is 3.48. The van der Waals surface area contributed by atoms with Gasteiger partial charge >= 0.3 is 0 Å². The average molecular weight is 288 g/mol. The summed E-state index contributed by atoms with van der Waals surface area (Å²) in [6, 6.07) is 9.14. The van der Waals surface area contributed by atoms with Crippen molar-refractivity contribution < 1.29 is 0 Å². The van der Waals surface area contributed by atoms with Gasteiger partial charge in [-0.15, -0.1) is 11.8 Å². The van der Waals surface area contributed by atoms with Crippen LogP contribution >= 0.6 is 27.7 Å². The van der Waals surface area contributed by atoms with Crippen molar-refractivity contribution in [3.63, 3.8) is 0 Å². The molecule has 1 nitrogen and oxygen atoms in total. The molecule has 1 aromatic rings. The highest BCUT2D eigenvalue weighted by Crippen LogP contribution is 2.21. The van der Waals surface area contributed by atoms with E-state index in [0.29, 0.717) is 6.04 Å². The molecule has 1 rings (SSSR count). The third-order valence-electron chi connectivity index (χ3n) is 2.25.